The fraction of sp³-hybridized carbons (Fsp3) is 0.125. The molecule has 0 heterocycles. The van der Waals surface area contributed by atoms with E-state index in [4.69, 9.17) is 18.9 Å². The van der Waals surface area contributed by atoms with Gasteiger partial charge in [-0.3, -0.25) is 0 Å². The van der Waals surface area contributed by atoms with E-state index in [0.717, 1.165) is 16.7 Å². The predicted octanol–water partition coefficient (Wildman–Crippen LogP) is 8.33. The van der Waals surface area contributed by atoms with Crippen LogP contribution in [0.4, 0.5) is 9.59 Å². The van der Waals surface area contributed by atoms with Crippen LogP contribution in [0.2, 0.25) is 0 Å². The van der Waals surface area contributed by atoms with E-state index in [1.165, 1.54) is 0 Å². The van der Waals surface area contributed by atoms with Crippen molar-refractivity contribution in [3.8, 4) is 23.0 Å². The highest BCUT2D eigenvalue weighted by molar-refractivity contribution is 6.13. The van der Waals surface area contributed by atoms with Crippen LogP contribution < -0.4 is 18.9 Å². The number of ether oxygens (including phenoxy) is 4. The Bertz CT molecular complexity index is 1640. The van der Waals surface area contributed by atoms with Gasteiger partial charge in [-0.15, -0.1) is 0 Å². The van der Waals surface area contributed by atoms with Crippen molar-refractivity contribution in [3.63, 3.8) is 0 Å². The summed E-state index contributed by atoms with van der Waals surface area (Å²) in [5, 5.41) is 2.46. The molecule has 0 saturated heterocycles. The average Bonchev–Trinajstić information content (AvgIpc) is 2.92. The van der Waals surface area contributed by atoms with Gasteiger partial charge >= 0.3 is 12.3 Å². The van der Waals surface area contributed by atoms with Crippen molar-refractivity contribution in [2.75, 3.05) is 0 Å². The first-order valence-corrected chi connectivity index (χ1v) is 12.3. The molecule has 6 heteroatoms. The molecule has 0 N–H and O–H groups in total. The summed E-state index contributed by atoms with van der Waals surface area (Å²) in [5.74, 6) is 1.41. The maximum Gasteiger partial charge on any atom is 0.519 e. The quantitative estimate of drug-likeness (QED) is 0.136. The van der Waals surface area contributed by atoms with Crippen LogP contribution in [-0.2, 0) is 6.42 Å². The van der Waals surface area contributed by atoms with Crippen LogP contribution in [0.5, 0.6) is 23.0 Å². The number of aryl methyl sites for hydroxylation is 3. The first kappa shape index (κ1) is 24.8. The van der Waals surface area contributed by atoms with Crippen LogP contribution in [0.1, 0.15) is 23.6 Å². The molecule has 0 aliphatic carbocycles. The molecule has 0 bridgehead atoms. The molecule has 0 radical (unpaired) electrons. The molecule has 0 atom stereocenters. The second kappa shape index (κ2) is 10.6. The number of rotatable bonds is 5. The lowest BCUT2D eigenvalue weighted by molar-refractivity contribution is 0.151. The van der Waals surface area contributed by atoms with Gasteiger partial charge in [-0.05, 0) is 50.1 Å². The number of benzene rings is 5. The number of hydrogen-bond acceptors (Lipinski definition) is 6. The zero-order chi connectivity index (χ0) is 26.6. The Balaban J connectivity index is 1.57. The van der Waals surface area contributed by atoms with Crippen molar-refractivity contribution >= 4 is 33.9 Å². The van der Waals surface area contributed by atoms with Crippen molar-refractivity contribution in [1.82, 2.24) is 0 Å². The number of carbonyl (C=O) groups excluding carboxylic acids is 2. The Hall–Kier alpha value is -4.84. The SMILES string of the molecule is CCc1cccc2c(OC(=O)Oc3ccc(C)cc3)c3ccccc3c(OC(=O)Oc3ccc(C)cc3)c12. The van der Waals surface area contributed by atoms with Crippen LogP contribution in [0.15, 0.2) is 91.0 Å². The third kappa shape index (κ3) is 5.15. The van der Waals surface area contributed by atoms with E-state index in [2.05, 4.69) is 0 Å². The summed E-state index contributed by atoms with van der Waals surface area (Å²) in [5.41, 5.74) is 3.02. The molecular formula is C32H26O6. The van der Waals surface area contributed by atoms with Gasteiger partial charge in [-0.1, -0.05) is 84.8 Å². The van der Waals surface area contributed by atoms with Gasteiger partial charge < -0.3 is 18.9 Å². The summed E-state index contributed by atoms with van der Waals surface area (Å²) >= 11 is 0. The zero-order valence-corrected chi connectivity index (χ0v) is 21.3. The van der Waals surface area contributed by atoms with E-state index < -0.39 is 12.3 Å². The van der Waals surface area contributed by atoms with E-state index >= 15 is 0 Å². The summed E-state index contributed by atoms with van der Waals surface area (Å²) in [6, 6.07) is 27.2. The standard InChI is InChI=1S/C32H26O6/c1-4-22-8-7-11-27-28(22)30(38-32(34)36-24-18-14-21(3)15-19-24)26-10-6-5-9-25(26)29(27)37-31(33)35-23-16-12-20(2)13-17-23/h5-19H,4H2,1-3H3. The van der Waals surface area contributed by atoms with Gasteiger partial charge in [0.2, 0.25) is 0 Å². The maximum absolute atomic E-state index is 12.9. The molecule has 190 valence electrons. The Morgan fingerprint density at radius 1 is 0.553 bits per heavy atom. The Labute approximate surface area is 220 Å². The molecule has 38 heavy (non-hydrogen) atoms. The Kier molecular flexibility index (Phi) is 6.96. The molecule has 0 aliphatic heterocycles. The van der Waals surface area contributed by atoms with E-state index in [9.17, 15) is 9.59 Å². The van der Waals surface area contributed by atoms with Gasteiger partial charge in [0.25, 0.3) is 0 Å². The molecule has 0 unspecified atom stereocenters. The number of carbonyl (C=O) groups is 2. The zero-order valence-electron chi connectivity index (χ0n) is 21.3. The molecule has 0 fully saturated rings. The van der Waals surface area contributed by atoms with Crippen LogP contribution in [0.3, 0.4) is 0 Å². The fourth-order valence-electron chi connectivity index (χ4n) is 4.34. The molecule has 0 amide bonds. The van der Waals surface area contributed by atoms with Gasteiger partial charge in [-0.2, -0.15) is 0 Å². The summed E-state index contributed by atoms with van der Waals surface area (Å²) in [6.07, 6.45) is -1.07. The largest absolute Gasteiger partial charge is 0.519 e. The third-order valence-corrected chi connectivity index (χ3v) is 6.23. The van der Waals surface area contributed by atoms with Gasteiger partial charge in [0.1, 0.15) is 17.2 Å². The summed E-state index contributed by atoms with van der Waals surface area (Å²) < 4.78 is 22.5. The van der Waals surface area contributed by atoms with E-state index in [-0.39, 0.29) is 0 Å². The van der Waals surface area contributed by atoms with Gasteiger partial charge in [0, 0.05) is 21.5 Å². The molecule has 6 nitrogen and oxygen atoms in total. The second-order valence-electron chi connectivity index (χ2n) is 8.93. The highest BCUT2D eigenvalue weighted by atomic mass is 16.7. The molecule has 0 spiro atoms. The molecule has 0 saturated carbocycles. The first-order valence-electron chi connectivity index (χ1n) is 12.3. The molecule has 5 aromatic rings. The minimum absolute atomic E-state index is 0.322. The van der Waals surface area contributed by atoms with Crippen LogP contribution in [0.25, 0.3) is 21.5 Å². The number of fused-ring (bicyclic) bond motifs is 2. The van der Waals surface area contributed by atoms with Crippen molar-refractivity contribution < 1.29 is 28.5 Å². The summed E-state index contributed by atoms with van der Waals surface area (Å²) in [4.78, 5) is 25.7. The average molecular weight is 507 g/mol. The maximum atomic E-state index is 12.9. The molecule has 0 aromatic heterocycles. The highest BCUT2D eigenvalue weighted by Crippen LogP contribution is 2.44. The monoisotopic (exact) mass is 506 g/mol. The topological polar surface area (TPSA) is 71.1 Å². The smallest absolute Gasteiger partial charge is 0.395 e. The van der Waals surface area contributed by atoms with Gasteiger partial charge in [-0.25, -0.2) is 9.59 Å². The summed E-state index contributed by atoms with van der Waals surface area (Å²) in [7, 11) is 0. The van der Waals surface area contributed by atoms with Gasteiger partial charge in [0.05, 0.1) is 0 Å². The highest BCUT2D eigenvalue weighted by Gasteiger charge is 2.23. The van der Waals surface area contributed by atoms with E-state index in [1.807, 2.05) is 81.4 Å². The normalized spacial score (nSPS) is 10.8. The second-order valence-corrected chi connectivity index (χ2v) is 8.93. The minimum atomic E-state index is -0.866. The Morgan fingerprint density at radius 3 is 1.55 bits per heavy atom. The first-order chi connectivity index (χ1) is 18.4. The van der Waals surface area contributed by atoms with Crippen LogP contribution >= 0.6 is 0 Å². The minimum Gasteiger partial charge on any atom is -0.395 e. The van der Waals surface area contributed by atoms with Crippen molar-refractivity contribution in [3.05, 3.63) is 108 Å². The molecular weight excluding hydrogens is 480 g/mol. The van der Waals surface area contributed by atoms with Crippen molar-refractivity contribution in [2.45, 2.75) is 27.2 Å². The Morgan fingerprint density at radius 2 is 1.03 bits per heavy atom. The van der Waals surface area contributed by atoms with Crippen molar-refractivity contribution in [2.24, 2.45) is 0 Å². The van der Waals surface area contributed by atoms with Crippen molar-refractivity contribution in [1.29, 1.82) is 0 Å². The molecule has 5 aromatic carbocycles. The van der Waals surface area contributed by atoms with Gasteiger partial charge in [0.15, 0.2) is 5.75 Å². The number of hydrogen-bond donors (Lipinski definition) is 0. The summed E-state index contributed by atoms with van der Waals surface area (Å²) in [6.45, 7) is 5.91. The predicted molar refractivity (Wildman–Crippen MR) is 146 cm³/mol. The third-order valence-electron chi connectivity index (χ3n) is 6.23. The van der Waals surface area contributed by atoms with E-state index in [0.29, 0.717) is 51.0 Å². The van der Waals surface area contributed by atoms with Crippen LogP contribution in [-0.4, -0.2) is 12.3 Å². The fourth-order valence-corrected chi connectivity index (χ4v) is 4.34. The van der Waals surface area contributed by atoms with Crippen LogP contribution in [0, 0.1) is 13.8 Å². The molecule has 0 aliphatic rings. The lowest BCUT2D eigenvalue weighted by atomic mass is 9.96. The lowest BCUT2D eigenvalue weighted by Gasteiger charge is -2.18. The molecule has 5 rings (SSSR count). The van der Waals surface area contributed by atoms with E-state index in [1.54, 1.807) is 30.3 Å². The lowest BCUT2D eigenvalue weighted by Crippen LogP contribution is -2.16.